The van der Waals surface area contributed by atoms with Crippen LogP contribution in [0, 0.1) is 6.33 Å². The molecule has 5 heteroatoms. The lowest BCUT2D eigenvalue weighted by molar-refractivity contribution is 0.261. The van der Waals surface area contributed by atoms with Crippen molar-refractivity contribution in [3.8, 4) is 12.0 Å². The molecule has 0 amide bonds. The molecular formula is C9H14N3O2. The van der Waals surface area contributed by atoms with Crippen molar-refractivity contribution in [3.05, 3.63) is 6.33 Å². The largest absolute Gasteiger partial charge is 0.463 e. The normalized spacial score (nSPS) is 9.86. The van der Waals surface area contributed by atoms with Crippen molar-refractivity contribution in [1.29, 1.82) is 0 Å². The summed E-state index contributed by atoms with van der Waals surface area (Å²) in [4.78, 5) is 11.4. The Kier molecular flexibility index (Phi) is 4.68. The first kappa shape index (κ1) is 10.7. The highest BCUT2D eigenvalue weighted by Crippen LogP contribution is 2.06. The van der Waals surface area contributed by atoms with Gasteiger partial charge >= 0.3 is 12.0 Å². The van der Waals surface area contributed by atoms with Crippen LogP contribution in [0.4, 0.5) is 0 Å². The van der Waals surface area contributed by atoms with Crippen LogP contribution in [0.1, 0.15) is 26.7 Å². The molecule has 1 aromatic heterocycles. The smallest absolute Gasteiger partial charge is 0.323 e. The SMILES string of the molecule is CCCOc1n[c]nc(OCCC)n1. The number of hydrogen-bond acceptors (Lipinski definition) is 5. The number of hydrogen-bond donors (Lipinski definition) is 0. The maximum Gasteiger partial charge on any atom is 0.323 e. The van der Waals surface area contributed by atoms with Gasteiger partial charge in [-0.25, -0.2) is 0 Å². The van der Waals surface area contributed by atoms with Crippen molar-refractivity contribution < 1.29 is 9.47 Å². The molecule has 14 heavy (non-hydrogen) atoms. The third-order valence-electron chi connectivity index (χ3n) is 1.35. The minimum atomic E-state index is 0.271. The van der Waals surface area contributed by atoms with Crippen molar-refractivity contribution in [3.63, 3.8) is 0 Å². The van der Waals surface area contributed by atoms with Gasteiger partial charge in [-0.3, -0.25) is 0 Å². The summed E-state index contributed by atoms with van der Waals surface area (Å²) >= 11 is 0. The van der Waals surface area contributed by atoms with E-state index < -0.39 is 0 Å². The molecule has 0 saturated carbocycles. The molecule has 0 fully saturated rings. The van der Waals surface area contributed by atoms with E-state index >= 15 is 0 Å². The van der Waals surface area contributed by atoms with Crippen LogP contribution >= 0.6 is 0 Å². The summed E-state index contributed by atoms with van der Waals surface area (Å²) in [6.07, 6.45) is 4.26. The van der Waals surface area contributed by atoms with Gasteiger partial charge in [0.05, 0.1) is 13.2 Å². The monoisotopic (exact) mass is 196 g/mol. The Hall–Kier alpha value is -1.39. The summed E-state index contributed by atoms with van der Waals surface area (Å²) in [7, 11) is 0. The molecule has 5 nitrogen and oxygen atoms in total. The van der Waals surface area contributed by atoms with Crippen molar-refractivity contribution in [2.75, 3.05) is 13.2 Å². The molecule has 0 aromatic carbocycles. The maximum absolute atomic E-state index is 5.20. The van der Waals surface area contributed by atoms with E-state index in [0.29, 0.717) is 13.2 Å². The lowest BCUT2D eigenvalue weighted by Gasteiger charge is -2.03. The minimum Gasteiger partial charge on any atom is -0.463 e. The van der Waals surface area contributed by atoms with E-state index in [2.05, 4.69) is 21.3 Å². The average Bonchev–Trinajstić information content (AvgIpc) is 2.24. The van der Waals surface area contributed by atoms with Gasteiger partial charge < -0.3 is 9.47 Å². The maximum atomic E-state index is 5.20. The molecule has 0 atom stereocenters. The Labute approximate surface area is 83.5 Å². The van der Waals surface area contributed by atoms with E-state index in [1.807, 2.05) is 13.8 Å². The molecule has 0 unspecified atom stereocenters. The second-order valence-corrected chi connectivity index (χ2v) is 2.70. The summed E-state index contributed by atoms with van der Waals surface area (Å²) in [6.45, 7) is 5.20. The zero-order valence-corrected chi connectivity index (χ0v) is 8.49. The van der Waals surface area contributed by atoms with Gasteiger partial charge in [0.25, 0.3) is 0 Å². The third kappa shape index (κ3) is 3.55. The van der Waals surface area contributed by atoms with Crippen LogP contribution in [0.2, 0.25) is 0 Å². The first-order valence-electron chi connectivity index (χ1n) is 4.74. The van der Waals surface area contributed by atoms with Crippen LogP contribution in [0.3, 0.4) is 0 Å². The second kappa shape index (κ2) is 6.12. The fourth-order valence-corrected chi connectivity index (χ4v) is 0.758. The lowest BCUT2D eigenvalue weighted by atomic mass is 10.5. The standard InChI is InChI=1S/C9H14N3O2/c1-3-5-13-8-10-7-11-9(12-8)14-6-4-2/h3-6H2,1-2H3. The Morgan fingerprint density at radius 3 is 1.93 bits per heavy atom. The predicted octanol–water partition coefficient (Wildman–Crippen LogP) is 1.25. The van der Waals surface area contributed by atoms with E-state index in [1.165, 1.54) is 0 Å². The van der Waals surface area contributed by atoms with Crippen LogP contribution in [0.5, 0.6) is 12.0 Å². The van der Waals surface area contributed by atoms with Crippen molar-refractivity contribution >= 4 is 0 Å². The second-order valence-electron chi connectivity index (χ2n) is 2.70. The first-order valence-corrected chi connectivity index (χ1v) is 4.74. The van der Waals surface area contributed by atoms with Crippen LogP contribution in [0.25, 0.3) is 0 Å². The average molecular weight is 196 g/mol. The molecule has 77 valence electrons. The number of nitrogens with zero attached hydrogens (tertiary/aromatic N) is 3. The summed E-state index contributed by atoms with van der Waals surface area (Å²) < 4.78 is 10.4. The van der Waals surface area contributed by atoms with E-state index in [4.69, 9.17) is 9.47 Å². The molecule has 1 rings (SSSR count). The Bertz CT molecular complexity index is 245. The molecule has 0 bridgehead atoms. The van der Waals surface area contributed by atoms with E-state index in [0.717, 1.165) is 12.8 Å². The van der Waals surface area contributed by atoms with Crippen molar-refractivity contribution in [2.45, 2.75) is 26.7 Å². The predicted molar refractivity (Wildman–Crippen MR) is 50.2 cm³/mol. The molecule has 0 aliphatic rings. The van der Waals surface area contributed by atoms with Gasteiger partial charge in [-0.1, -0.05) is 13.8 Å². The minimum absolute atomic E-state index is 0.271. The molecule has 0 aliphatic carbocycles. The number of aromatic nitrogens is 3. The van der Waals surface area contributed by atoms with Crippen LogP contribution in [0.15, 0.2) is 0 Å². The molecule has 1 heterocycles. The van der Waals surface area contributed by atoms with Gasteiger partial charge in [0.2, 0.25) is 6.33 Å². The fourth-order valence-electron chi connectivity index (χ4n) is 0.758. The van der Waals surface area contributed by atoms with Crippen LogP contribution in [-0.4, -0.2) is 28.2 Å². The van der Waals surface area contributed by atoms with Gasteiger partial charge in [-0.2, -0.15) is 9.97 Å². The summed E-state index contributed by atoms with van der Waals surface area (Å²) in [6, 6.07) is 0.543. The third-order valence-corrected chi connectivity index (χ3v) is 1.35. The zero-order valence-electron chi connectivity index (χ0n) is 8.49. The summed E-state index contributed by atoms with van der Waals surface area (Å²) in [5.41, 5.74) is 0. The Morgan fingerprint density at radius 1 is 1.00 bits per heavy atom. The molecule has 1 aromatic rings. The summed E-state index contributed by atoms with van der Waals surface area (Å²) in [5, 5.41) is 0. The van der Waals surface area contributed by atoms with Crippen LogP contribution < -0.4 is 9.47 Å². The molecule has 0 saturated heterocycles. The van der Waals surface area contributed by atoms with Gasteiger partial charge in [-0.05, 0) is 12.8 Å². The highest BCUT2D eigenvalue weighted by atomic mass is 16.5. The van der Waals surface area contributed by atoms with Gasteiger partial charge in [0, 0.05) is 0 Å². The quantitative estimate of drug-likeness (QED) is 0.685. The topological polar surface area (TPSA) is 57.1 Å². The molecule has 0 aliphatic heterocycles. The molecule has 0 N–H and O–H groups in total. The highest BCUT2D eigenvalue weighted by Gasteiger charge is 2.01. The van der Waals surface area contributed by atoms with Gasteiger partial charge in [0.1, 0.15) is 0 Å². The van der Waals surface area contributed by atoms with Crippen molar-refractivity contribution in [2.24, 2.45) is 0 Å². The van der Waals surface area contributed by atoms with Crippen molar-refractivity contribution in [1.82, 2.24) is 15.0 Å². The molecule has 0 spiro atoms. The number of ether oxygens (including phenoxy) is 2. The number of rotatable bonds is 6. The van der Waals surface area contributed by atoms with E-state index in [9.17, 15) is 0 Å². The van der Waals surface area contributed by atoms with Gasteiger partial charge in [0.15, 0.2) is 0 Å². The summed E-state index contributed by atoms with van der Waals surface area (Å²) in [5.74, 6) is 0. The van der Waals surface area contributed by atoms with E-state index in [-0.39, 0.29) is 12.0 Å². The highest BCUT2D eigenvalue weighted by molar-refractivity contribution is 4.98. The lowest BCUT2D eigenvalue weighted by Crippen LogP contribution is -2.04. The zero-order chi connectivity index (χ0) is 10.2. The Morgan fingerprint density at radius 2 is 1.50 bits per heavy atom. The van der Waals surface area contributed by atoms with Crippen LogP contribution in [-0.2, 0) is 0 Å². The van der Waals surface area contributed by atoms with Gasteiger partial charge in [-0.15, -0.1) is 4.98 Å². The molecular weight excluding hydrogens is 182 g/mol. The fraction of sp³-hybridized carbons (Fsp3) is 0.667. The molecule has 1 radical (unpaired) electrons. The Balaban J connectivity index is 2.50. The first-order chi connectivity index (χ1) is 6.86. The van der Waals surface area contributed by atoms with E-state index in [1.54, 1.807) is 0 Å².